The zero-order valence-electron chi connectivity index (χ0n) is 17.5. The molecule has 154 valence electrons. The van der Waals surface area contributed by atoms with E-state index in [0.717, 1.165) is 24.8 Å². The highest BCUT2D eigenvalue weighted by Gasteiger charge is 2.29. The van der Waals surface area contributed by atoms with Gasteiger partial charge in [-0.2, -0.15) is 0 Å². The molecule has 4 rings (SSSR count). The molecule has 2 aromatic carbocycles. The number of benzene rings is 2. The molecule has 3 aromatic rings. The second-order valence-corrected chi connectivity index (χ2v) is 8.86. The molecule has 1 aromatic heterocycles. The van der Waals surface area contributed by atoms with E-state index in [1.54, 1.807) is 0 Å². The summed E-state index contributed by atoms with van der Waals surface area (Å²) in [5.74, 6) is 0.175. The van der Waals surface area contributed by atoms with Crippen molar-refractivity contribution in [1.29, 1.82) is 0 Å². The molecule has 0 aliphatic heterocycles. The lowest BCUT2D eigenvalue weighted by atomic mass is 9.80. The Hall–Kier alpha value is -2.33. The van der Waals surface area contributed by atoms with Crippen LogP contribution < -0.4 is 11.1 Å². The van der Waals surface area contributed by atoms with E-state index < -0.39 is 0 Å². The molecule has 0 bridgehead atoms. The molecule has 1 saturated carbocycles. The van der Waals surface area contributed by atoms with Crippen LogP contribution in [0.3, 0.4) is 0 Å². The molecule has 4 nitrogen and oxygen atoms in total. The highest BCUT2D eigenvalue weighted by atomic mass is 16.4. The number of rotatable bonds is 7. The first-order chi connectivity index (χ1) is 14.0. The fraction of sp³-hybridized carbons (Fsp3) is 0.480. The number of aryl methyl sites for hydroxylation is 1. The molecule has 0 unspecified atom stereocenters. The number of fused-ring (bicyclic) bond motifs is 1. The van der Waals surface area contributed by atoms with Gasteiger partial charge in [0.05, 0.1) is 5.52 Å². The Morgan fingerprint density at radius 2 is 1.86 bits per heavy atom. The number of H-pyrrole nitrogens is 1. The van der Waals surface area contributed by atoms with E-state index in [0.29, 0.717) is 17.5 Å². The fourth-order valence-electron chi connectivity index (χ4n) is 4.70. The maximum Gasteiger partial charge on any atom is 0.417 e. The predicted octanol–water partition coefficient (Wildman–Crippen LogP) is 5.54. The van der Waals surface area contributed by atoms with Crippen LogP contribution in [0.25, 0.3) is 11.1 Å². The third kappa shape index (κ3) is 4.81. The molecule has 0 saturated heterocycles. The summed E-state index contributed by atoms with van der Waals surface area (Å²) in [6.07, 6.45) is 8.17. The van der Waals surface area contributed by atoms with Crippen molar-refractivity contribution < 1.29 is 4.42 Å². The zero-order chi connectivity index (χ0) is 20.3. The normalized spacial score (nSPS) is 21.9. The van der Waals surface area contributed by atoms with Crippen LogP contribution in [0.2, 0.25) is 0 Å². The van der Waals surface area contributed by atoms with Crippen molar-refractivity contribution in [2.45, 2.75) is 76.3 Å². The quantitative estimate of drug-likeness (QED) is 0.555. The lowest BCUT2D eigenvalue weighted by Gasteiger charge is -2.38. The molecular formula is C25H32N2O2. The lowest BCUT2D eigenvalue weighted by Crippen LogP contribution is -2.49. The van der Waals surface area contributed by atoms with Crippen molar-refractivity contribution in [3.8, 4) is 0 Å². The van der Waals surface area contributed by atoms with Crippen LogP contribution in [0.5, 0.6) is 0 Å². The highest BCUT2D eigenvalue weighted by Crippen LogP contribution is 2.35. The van der Waals surface area contributed by atoms with E-state index in [-0.39, 0.29) is 11.3 Å². The van der Waals surface area contributed by atoms with Gasteiger partial charge in [0, 0.05) is 11.6 Å². The monoisotopic (exact) mass is 392 g/mol. The standard InChI is InChI=1S/C25H32N2O2/c1-3-25(2,16-15-18-7-5-4-6-8-18)27-21-12-9-19(10-13-21)20-11-14-22-23(17-20)29-24(28)26-22/h4-8,11,14,17,19,21,27H,3,9-10,12-13,15-16H2,1-2H3,(H,26,28)/t19-,21-,25-/m1/s1. The van der Waals surface area contributed by atoms with Gasteiger partial charge in [-0.25, -0.2) is 4.79 Å². The van der Waals surface area contributed by atoms with Gasteiger partial charge in [0.15, 0.2) is 5.58 Å². The second kappa shape index (κ2) is 8.58. The zero-order valence-corrected chi connectivity index (χ0v) is 17.5. The van der Waals surface area contributed by atoms with Crippen LogP contribution >= 0.6 is 0 Å². The number of hydrogen-bond acceptors (Lipinski definition) is 3. The Morgan fingerprint density at radius 3 is 2.59 bits per heavy atom. The number of aromatic nitrogens is 1. The summed E-state index contributed by atoms with van der Waals surface area (Å²) in [6.45, 7) is 4.67. The van der Waals surface area contributed by atoms with Crippen LogP contribution in [0.15, 0.2) is 57.7 Å². The molecule has 1 fully saturated rings. The third-order valence-corrected chi connectivity index (χ3v) is 6.78. The van der Waals surface area contributed by atoms with Gasteiger partial charge >= 0.3 is 5.76 Å². The van der Waals surface area contributed by atoms with Gasteiger partial charge in [0.2, 0.25) is 0 Å². The molecule has 0 amide bonds. The van der Waals surface area contributed by atoms with E-state index >= 15 is 0 Å². The third-order valence-electron chi connectivity index (χ3n) is 6.78. The highest BCUT2D eigenvalue weighted by molar-refractivity contribution is 5.72. The molecule has 29 heavy (non-hydrogen) atoms. The Labute approximate surface area is 172 Å². The molecule has 1 aliphatic rings. The van der Waals surface area contributed by atoms with Gasteiger partial charge in [0.25, 0.3) is 0 Å². The molecule has 4 heteroatoms. The topological polar surface area (TPSA) is 58.0 Å². The minimum Gasteiger partial charge on any atom is -0.408 e. The van der Waals surface area contributed by atoms with Gasteiger partial charge in [-0.1, -0.05) is 43.3 Å². The van der Waals surface area contributed by atoms with Crippen LogP contribution in [0.4, 0.5) is 0 Å². The first-order valence-corrected chi connectivity index (χ1v) is 11.0. The molecule has 2 N–H and O–H groups in total. The van der Waals surface area contributed by atoms with Crippen LogP contribution in [0, 0.1) is 0 Å². The number of hydrogen-bond donors (Lipinski definition) is 2. The Morgan fingerprint density at radius 1 is 1.10 bits per heavy atom. The van der Waals surface area contributed by atoms with Crippen molar-refractivity contribution >= 4 is 11.1 Å². The summed E-state index contributed by atoms with van der Waals surface area (Å²) in [5.41, 5.74) is 4.35. The molecule has 1 heterocycles. The Kier molecular flexibility index (Phi) is 5.91. The van der Waals surface area contributed by atoms with Crippen molar-refractivity contribution in [1.82, 2.24) is 10.3 Å². The molecule has 0 spiro atoms. The number of aromatic amines is 1. The lowest BCUT2D eigenvalue weighted by molar-refractivity contribution is 0.235. The SMILES string of the molecule is CC[C@](C)(CCc1ccccc1)N[C@H]1CC[C@H](c2ccc3[nH]c(=O)oc3c2)CC1. The van der Waals surface area contributed by atoms with E-state index in [2.05, 4.69) is 60.5 Å². The maximum atomic E-state index is 11.4. The van der Waals surface area contributed by atoms with Crippen molar-refractivity contribution in [3.63, 3.8) is 0 Å². The van der Waals surface area contributed by atoms with Gasteiger partial charge < -0.3 is 9.73 Å². The van der Waals surface area contributed by atoms with E-state index in [1.807, 2.05) is 12.1 Å². The van der Waals surface area contributed by atoms with E-state index in [1.165, 1.54) is 36.8 Å². The summed E-state index contributed by atoms with van der Waals surface area (Å²) >= 11 is 0. The molecule has 1 aliphatic carbocycles. The van der Waals surface area contributed by atoms with Crippen molar-refractivity contribution in [3.05, 3.63) is 70.2 Å². The summed E-state index contributed by atoms with van der Waals surface area (Å²) in [4.78, 5) is 14.1. The van der Waals surface area contributed by atoms with E-state index in [9.17, 15) is 4.79 Å². The van der Waals surface area contributed by atoms with E-state index in [4.69, 9.17) is 4.42 Å². The van der Waals surface area contributed by atoms with Crippen molar-refractivity contribution in [2.75, 3.05) is 0 Å². The average Bonchev–Trinajstić information content (AvgIpc) is 3.13. The first-order valence-electron chi connectivity index (χ1n) is 11.0. The van der Waals surface area contributed by atoms with Crippen molar-refractivity contribution in [2.24, 2.45) is 0 Å². The Bertz CT molecular complexity index is 983. The second-order valence-electron chi connectivity index (χ2n) is 8.86. The fourth-order valence-corrected chi connectivity index (χ4v) is 4.70. The predicted molar refractivity (Wildman–Crippen MR) is 118 cm³/mol. The molecular weight excluding hydrogens is 360 g/mol. The van der Waals surface area contributed by atoms with Crippen LogP contribution in [-0.4, -0.2) is 16.6 Å². The van der Waals surface area contributed by atoms with Gasteiger partial charge in [-0.05, 0) is 81.0 Å². The summed E-state index contributed by atoms with van der Waals surface area (Å²) in [7, 11) is 0. The average molecular weight is 393 g/mol. The molecule has 1 atom stereocenters. The van der Waals surface area contributed by atoms with Gasteiger partial charge in [-0.3, -0.25) is 4.98 Å². The number of oxazole rings is 1. The smallest absolute Gasteiger partial charge is 0.408 e. The summed E-state index contributed by atoms with van der Waals surface area (Å²) in [6, 6.07) is 17.5. The van der Waals surface area contributed by atoms with Gasteiger partial charge in [0.1, 0.15) is 0 Å². The van der Waals surface area contributed by atoms with Gasteiger partial charge in [-0.15, -0.1) is 0 Å². The van der Waals surface area contributed by atoms with Crippen LogP contribution in [-0.2, 0) is 6.42 Å². The number of nitrogens with one attached hydrogen (secondary N) is 2. The van der Waals surface area contributed by atoms with Crippen LogP contribution in [0.1, 0.15) is 69.4 Å². The maximum absolute atomic E-state index is 11.4. The molecule has 0 radical (unpaired) electrons. The largest absolute Gasteiger partial charge is 0.417 e. The minimum absolute atomic E-state index is 0.181. The minimum atomic E-state index is -0.376. The summed E-state index contributed by atoms with van der Waals surface area (Å²) < 4.78 is 5.24. The summed E-state index contributed by atoms with van der Waals surface area (Å²) in [5, 5.41) is 3.99. The first kappa shape index (κ1) is 20.0. The Balaban J connectivity index is 1.33.